The van der Waals surface area contributed by atoms with Crippen LogP contribution in [0.3, 0.4) is 0 Å². The van der Waals surface area contributed by atoms with Crippen LogP contribution in [0, 0.1) is 5.92 Å². The fraction of sp³-hybridized carbons (Fsp3) is 0.938. The predicted octanol–water partition coefficient (Wildman–Crippen LogP) is 3.21. The molecule has 0 saturated heterocycles. The van der Waals surface area contributed by atoms with Crippen molar-refractivity contribution in [1.29, 1.82) is 0 Å². The van der Waals surface area contributed by atoms with Gasteiger partial charge in [0.25, 0.3) is 0 Å². The lowest BCUT2D eigenvalue weighted by molar-refractivity contribution is 0.0461. The Morgan fingerprint density at radius 3 is 2.30 bits per heavy atom. The highest BCUT2D eigenvalue weighted by Gasteiger charge is 2.33. The summed E-state index contributed by atoms with van der Waals surface area (Å²) in [6.45, 7) is 7.98. The highest BCUT2D eigenvalue weighted by molar-refractivity contribution is 5.68. The van der Waals surface area contributed by atoms with Crippen LogP contribution in [0.2, 0.25) is 0 Å². The molecule has 0 heterocycles. The molecule has 0 aromatic carbocycles. The molecule has 0 aliphatic heterocycles. The van der Waals surface area contributed by atoms with E-state index in [1.807, 2.05) is 20.8 Å². The third-order valence-corrected chi connectivity index (χ3v) is 4.46. The summed E-state index contributed by atoms with van der Waals surface area (Å²) in [6.07, 6.45) is 7.30. The van der Waals surface area contributed by atoms with Gasteiger partial charge in [0.2, 0.25) is 0 Å². The zero-order valence-corrected chi connectivity index (χ0v) is 13.4. The van der Waals surface area contributed by atoms with Crippen molar-refractivity contribution in [2.45, 2.75) is 89.9 Å². The number of ether oxygens (including phenoxy) is 1. The number of nitrogens with one attached hydrogen (secondary N) is 2. The first kappa shape index (κ1) is 15.6. The Morgan fingerprint density at radius 1 is 1.15 bits per heavy atom. The summed E-state index contributed by atoms with van der Waals surface area (Å²) in [5.74, 6) is 0.855. The van der Waals surface area contributed by atoms with Gasteiger partial charge in [-0.15, -0.1) is 0 Å². The molecule has 2 aliphatic carbocycles. The number of hydrogen-bond donors (Lipinski definition) is 2. The maximum absolute atomic E-state index is 11.6. The monoisotopic (exact) mass is 282 g/mol. The molecule has 0 bridgehead atoms. The quantitative estimate of drug-likeness (QED) is 0.832. The number of hydrogen-bond acceptors (Lipinski definition) is 3. The molecule has 0 spiro atoms. The minimum Gasteiger partial charge on any atom is -0.444 e. The first-order valence-electron chi connectivity index (χ1n) is 8.09. The molecular weight excluding hydrogens is 252 g/mol. The second-order valence-electron chi connectivity index (χ2n) is 7.51. The van der Waals surface area contributed by atoms with Crippen LogP contribution in [-0.2, 0) is 4.74 Å². The first-order valence-corrected chi connectivity index (χ1v) is 8.09. The molecule has 0 unspecified atom stereocenters. The number of alkyl carbamates (subject to hydrolysis) is 1. The van der Waals surface area contributed by atoms with Crippen molar-refractivity contribution in [3.63, 3.8) is 0 Å². The molecule has 1 amide bonds. The van der Waals surface area contributed by atoms with Gasteiger partial charge in [-0.3, -0.25) is 0 Å². The average molecular weight is 282 g/mol. The zero-order valence-electron chi connectivity index (χ0n) is 13.4. The maximum Gasteiger partial charge on any atom is 0.407 e. The SMILES string of the molecule is C[C@@H](NC1CC(NC(=O)OC(C)(C)C)C1)C1CCCC1. The van der Waals surface area contributed by atoms with E-state index < -0.39 is 5.60 Å². The fourth-order valence-corrected chi connectivity index (χ4v) is 3.31. The molecule has 1 atom stereocenters. The van der Waals surface area contributed by atoms with E-state index in [4.69, 9.17) is 4.74 Å². The molecule has 4 nitrogen and oxygen atoms in total. The van der Waals surface area contributed by atoms with E-state index in [0.29, 0.717) is 12.1 Å². The third kappa shape index (κ3) is 4.65. The van der Waals surface area contributed by atoms with Crippen LogP contribution in [-0.4, -0.2) is 29.8 Å². The second kappa shape index (κ2) is 6.33. The van der Waals surface area contributed by atoms with Gasteiger partial charge in [0.15, 0.2) is 0 Å². The standard InChI is InChI=1S/C16H30N2O2/c1-11(12-7-5-6-8-12)17-13-9-14(10-13)18-15(19)20-16(2,3)4/h11-14,17H,5-10H2,1-4H3,(H,18,19)/t11-,13?,14?/m1/s1. The lowest BCUT2D eigenvalue weighted by atomic mass is 9.85. The minimum absolute atomic E-state index is 0.276. The molecule has 0 aromatic rings. The number of amides is 1. The lowest BCUT2D eigenvalue weighted by Crippen LogP contribution is -2.55. The van der Waals surface area contributed by atoms with Gasteiger partial charge in [0.1, 0.15) is 5.60 Å². The van der Waals surface area contributed by atoms with Gasteiger partial charge in [0.05, 0.1) is 0 Å². The first-order chi connectivity index (χ1) is 9.33. The van der Waals surface area contributed by atoms with Crippen LogP contribution in [0.4, 0.5) is 4.79 Å². The van der Waals surface area contributed by atoms with E-state index in [2.05, 4.69) is 17.6 Å². The van der Waals surface area contributed by atoms with Gasteiger partial charge in [0, 0.05) is 18.1 Å². The van der Waals surface area contributed by atoms with Crippen molar-refractivity contribution < 1.29 is 9.53 Å². The molecule has 0 radical (unpaired) electrons. The number of rotatable bonds is 4. The second-order valence-corrected chi connectivity index (χ2v) is 7.51. The Kier molecular flexibility index (Phi) is 4.95. The van der Waals surface area contributed by atoms with Crippen LogP contribution < -0.4 is 10.6 Å². The smallest absolute Gasteiger partial charge is 0.407 e. The van der Waals surface area contributed by atoms with Crippen molar-refractivity contribution in [2.75, 3.05) is 0 Å². The van der Waals surface area contributed by atoms with Crippen molar-refractivity contribution in [1.82, 2.24) is 10.6 Å². The zero-order chi connectivity index (χ0) is 14.8. The van der Waals surface area contributed by atoms with Crippen LogP contribution in [0.1, 0.15) is 66.2 Å². The molecular formula is C16H30N2O2. The normalized spacial score (nSPS) is 28.8. The van der Waals surface area contributed by atoms with E-state index in [1.165, 1.54) is 25.7 Å². The summed E-state index contributed by atoms with van der Waals surface area (Å²) >= 11 is 0. The van der Waals surface area contributed by atoms with Crippen molar-refractivity contribution in [3.05, 3.63) is 0 Å². The average Bonchev–Trinajstić information content (AvgIpc) is 2.76. The molecule has 2 N–H and O–H groups in total. The van der Waals surface area contributed by atoms with Crippen LogP contribution in [0.15, 0.2) is 0 Å². The highest BCUT2D eigenvalue weighted by atomic mass is 16.6. The van der Waals surface area contributed by atoms with Crippen molar-refractivity contribution in [3.8, 4) is 0 Å². The predicted molar refractivity (Wildman–Crippen MR) is 80.7 cm³/mol. The molecule has 0 aromatic heterocycles. The molecule has 4 heteroatoms. The Morgan fingerprint density at radius 2 is 1.75 bits per heavy atom. The van der Waals surface area contributed by atoms with Gasteiger partial charge in [-0.2, -0.15) is 0 Å². The Labute approximate surface area is 123 Å². The van der Waals surface area contributed by atoms with E-state index in [1.54, 1.807) is 0 Å². The van der Waals surface area contributed by atoms with Gasteiger partial charge in [-0.1, -0.05) is 12.8 Å². The summed E-state index contributed by atoms with van der Waals surface area (Å²) < 4.78 is 5.27. The summed E-state index contributed by atoms with van der Waals surface area (Å²) in [5.41, 5.74) is -0.414. The van der Waals surface area contributed by atoms with Gasteiger partial charge >= 0.3 is 6.09 Å². The number of carbonyl (C=O) groups excluding carboxylic acids is 1. The van der Waals surface area contributed by atoms with E-state index >= 15 is 0 Å². The topological polar surface area (TPSA) is 50.4 Å². The highest BCUT2D eigenvalue weighted by Crippen LogP contribution is 2.29. The Bertz CT molecular complexity index is 326. The Balaban J connectivity index is 1.61. The van der Waals surface area contributed by atoms with E-state index in [0.717, 1.165) is 18.8 Å². The summed E-state index contributed by atoms with van der Waals surface area (Å²) in [4.78, 5) is 11.6. The molecule has 2 fully saturated rings. The van der Waals surface area contributed by atoms with Gasteiger partial charge < -0.3 is 15.4 Å². The van der Waals surface area contributed by atoms with Crippen LogP contribution in [0.5, 0.6) is 0 Å². The summed E-state index contributed by atoms with van der Waals surface area (Å²) in [5, 5.41) is 6.66. The van der Waals surface area contributed by atoms with Gasteiger partial charge in [-0.25, -0.2) is 4.79 Å². The van der Waals surface area contributed by atoms with Crippen LogP contribution >= 0.6 is 0 Å². The summed E-state index contributed by atoms with van der Waals surface area (Å²) in [6, 6.07) is 1.45. The molecule has 116 valence electrons. The van der Waals surface area contributed by atoms with Crippen LogP contribution in [0.25, 0.3) is 0 Å². The third-order valence-electron chi connectivity index (χ3n) is 4.46. The Hall–Kier alpha value is -0.770. The minimum atomic E-state index is -0.414. The molecule has 20 heavy (non-hydrogen) atoms. The molecule has 2 saturated carbocycles. The molecule has 2 rings (SSSR count). The largest absolute Gasteiger partial charge is 0.444 e. The fourth-order valence-electron chi connectivity index (χ4n) is 3.31. The van der Waals surface area contributed by atoms with Crippen molar-refractivity contribution in [2.24, 2.45) is 5.92 Å². The maximum atomic E-state index is 11.6. The van der Waals surface area contributed by atoms with Gasteiger partial charge in [-0.05, 0) is 59.3 Å². The summed E-state index contributed by atoms with van der Waals surface area (Å²) in [7, 11) is 0. The number of carbonyl (C=O) groups is 1. The lowest BCUT2D eigenvalue weighted by Gasteiger charge is -2.39. The van der Waals surface area contributed by atoms with E-state index in [-0.39, 0.29) is 12.1 Å². The van der Waals surface area contributed by atoms with Crippen molar-refractivity contribution >= 4 is 6.09 Å². The molecule has 2 aliphatic rings. The van der Waals surface area contributed by atoms with E-state index in [9.17, 15) is 4.79 Å².